The van der Waals surface area contributed by atoms with Gasteiger partial charge in [0.2, 0.25) is 0 Å². The Balaban J connectivity index is 2.25. The fourth-order valence-electron chi connectivity index (χ4n) is 7.44. The summed E-state index contributed by atoms with van der Waals surface area (Å²) in [7, 11) is 1.52. The highest BCUT2D eigenvalue weighted by molar-refractivity contribution is 5.77. The van der Waals surface area contributed by atoms with E-state index in [1.54, 1.807) is 0 Å². The third kappa shape index (κ3) is 5.37. The van der Waals surface area contributed by atoms with E-state index in [1.165, 1.54) is 34.8 Å². The number of hydrogen-bond acceptors (Lipinski definition) is 9. The molecular formula is C27H40O9. The molecule has 3 fully saturated rings. The molecule has 3 aliphatic rings. The van der Waals surface area contributed by atoms with Crippen LogP contribution >= 0.6 is 0 Å². The van der Waals surface area contributed by atoms with Crippen molar-refractivity contribution in [1.29, 1.82) is 0 Å². The predicted octanol–water partition coefficient (Wildman–Crippen LogP) is 2.91. The molecule has 9 atom stereocenters. The highest BCUT2D eigenvalue weighted by Gasteiger charge is 2.68. The van der Waals surface area contributed by atoms with Crippen LogP contribution in [0, 0.1) is 23.7 Å². The Morgan fingerprint density at radius 3 is 2.19 bits per heavy atom. The van der Waals surface area contributed by atoms with Crippen molar-refractivity contribution in [3.63, 3.8) is 0 Å². The number of aliphatic hydroxyl groups is 1. The van der Waals surface area contributed by atoms with Crippen molar-refractivity contribution < 1.29 is 43.2 Å². The van der Waals surface area contributed by atoms with E-state index < -0.39 is 53.3 Å². The largest absolute Gasteiger partial charge is 0.459 e. The van der Waals surface area contributed by atoms with E-state index in [0.29, 0.717) is 31.3 Å². The number of hydrogen-bond donors (Lipinski definition) is 1. The zero-order valence-electron chi connectivity index (χ0n) is 22.2. The van der Waals surface area contributed by atoms with E-state index in [2.05, 4.69) is 13.5 Å². The maximum atomic E-state index is 12.5. The summed E-state index contributed by atoms with van der Waals surface area (Å²) < 4.78 is 23.4. The van der Waals surface area contributed by atoms with Gasteiger partial charge in [-0.05, 0) is 56.4 Å². The van der Waals surface area contributed by atoms with E-state index >= 15 is 0 Å². The molecule has 0 radical (unpaired) electrons. The smallest absolute Gasteiger partial charge is 0.303 e. The quantitative estimate of drug-likeness (QED) is 0.327. The lowest BCUT2D eigenvalue weighted by molar-refractivity contribution is -0.237. The van der Waals surface area contributed by atoms with Crippen LogP contribution in [0.4, 0.5) is 0 Å². The van der Waals surface area contributed by atoms with Crippen LogP contribution in [0.1, 0.15) is 73.1 Å². The average molecular weight is 509 g/mol. The molecule has 202 valence electrons. The molecule has 9 nitrogen and oxygen atoms in total. The molecule has 3 rings (SSSR count). The Morgan fingerprint density at radius 2 is 1.67 bits per heavy atom. The molecule has 0 saturated heterocycles. The maximum Gasteiger partial charge on any atom is 0.303 e. The van der Waals surface area contributed by atoms with Gasteiger partial charge in [0, 0.05) is 46.1 Å². The number of esters is 3. The molecular weight excluding hydrogens is 468 g/mol. The first-order chi connectivity index (χ1) is 16.7. The van der Waals surface area contributed by atoms with Crippen molar-refractivity contribution in [1.82, 2.24) is 0 Å². The SMILES string of the molecule is C=C1C[C@H](OC)C2C3C(C[C@H](OC(C)=O)[C@@]2(O)CC(C)=O)C(C)C[C@@]3(OC(C)=O)CC[C@@H]1OC(C)=O. The molecule has 36 heavy (non-hydrogen) atoms. The Bertz CT molecular complexity index is 913. The van der Waals surface area contributed by atoms with Crippen LogP contribution < -0.4 is 0 Å². The van der Waals surface area contributed by atoms with Gasteiger partial charge in [-0.1, -0.05) is 13.5 Å². The maximum absolute atomic E-state index is 12.5. The second-order valence-electron chi connectivity index (χ2n) is 11.0. The lowest BCUT2D eigenvalue weighted by atomic mass is 9.56. The summed E-state index contributed by atoms with van der Waals surface area (Å²) in [6.45, 7) is 11.6. The average Bonchev–Trinajstić information content (AvgIpc) is 3.00. The summed E-state index contributed by atoms with van der Waals surface area (Å²) in [6.07, 6.45) is -0.577. The molecule has 3 aliphatic carbocycles. The third-order valence-corrected chi connectivity index (χ3v) is 8.42. The fourth-order valence-corrected chi connectivity index (χ4v) is 7.44. The van der Waals surface area contributed by atoms with Crippen molar-refractivity contribution in [3.05, 3.63) is 12.2 Å². The minimum absolute atomic E-state index is 0.0675. The lowest BCUT2D eigenvalue weighted by Gasteiger charge is -2.55. The van der Waals surface area contributed by atoms with Crippen molar-refractivity contribution in [2.45, 2.75) is 103 Å². The second kappa shape index (κ2) is 10.6. The summed E-state index contributed by atoms with van der Waals surface area (Å²) >= 11 is 0. The van der Waals surface area contributed by atoms with Gasteiger partial charge in [0.25, 0.3) is 0 Å². The first kappa shape index (κ1) is 28.3. The first-order valence-electron chi connectivity index (χ1n) is 12.7. The molecule has 0 heterocycles. The van der Waals surface area contributed by atoms with E-state index in [1.807, 2.05) is 0 Å². The standard InChI is InChI=1S/C27H40O9/c1-14-10-22(33-7)25-24-20(11-23(35-18(5)30)27(25,32)13-16(3)28)15(2)12-26(24,36-19(6)31)9-8-21(14)34-17(4)29/h15,20-25,32H,1,8-13H2,2-7H3/t15?,20?,21-,22-,23-,24?,25?,26-,27-/m0/s1. The van der Waals surface area contributed by atoms with E-state index in [9.17, 15) is 24.3 Å². The van der Waals surface area contributed by atoms with Gasteiger partial charge in [-0.25, -0.2) is 0 Å². The minimum atomic E-state index is -1.75. The Morgan fingerprint density at radius 1 is 1.03 bits per heavy atom. The number of Topliss-reactive ketones (excluding diaryl/α,β-unsaturated/α-hetero) is 1. The number of carbonyl (C=O) groups is 4. The van der Waals surface area contributed by atoms with Gasteiger partial charge >= 0.3 is 17.9 Å². The van der Waals surface area contributed by atoms with Crippen molar-refractivity contribution in [2.24, 2.45) is 23.7 Å². The van der Waals surface area contributed by atoms with Crippen LogP contribution in [0.3, 0.4) is 0 Å². The van der Waals surface area contributed by atoms with Crippen LogP contribution in [0.2, 0.25) is 0 Å². The van der Waals surface area contributed by atoms with E-state index in [0.717, 1.165) is 0 Å². The number of ether oxygens (including phenoxy) is 4. The molecule has 0 aliphatic heterocycles. The summed E-state index contributed by atoms with van der Waals surface area (Å²) in [5, 5.41) is 12.3. The summed E-state index contributed by atoms with van der Waals surface area (Å²) in [5.74, 6) is -2.79. The Labute approximate surface area is 212 Å². The van der Waals surface area contributed by atoms with Crippen molar-refractivity contribution in [2.75, 3.05) is 7.11 Å². The monoisotopic (exact) mass is 508 g/mol. The molecule has 0 aromatic heterocycles. The van der Waals surface area contributed by atoms with E-state index in [-0.39, 0.29) is 36.4 Å². The zero-order valence-corrected chi connectivity index (χ0v) is 22.2. The van der Waals surface area contributed by atoms with Gasteiger partial charge in [-0.15, -0.1) is 0 Å². The summed E-state index contributed by atoms with van der Waals surface area (Å²) in [4.78, 5) is 48.9. The second-order valence-corrected chi connectivity index (χ2v) is 11.0. The van der Waals surface area contributed by atoms with Gasteiger partial charge in [0.1, 0.15) is 29.2 Å². The van der Waals surface area contributed by atoms with Crippen LogP contribution in [0.5, 0.6) is 0 Å². The van der Waals surface area contributed by atoms with Crippen LogP contribution in [-0.4, -0.2) is 65.4 Å². The van der Waals surface area contributed by atoms with Crippen molar-refractivity contribution >= 4 is 23.7 Å². The van der Waals surface area contributed by atoms with Gasteiger partial charge in [-0.2, -0.15) is 0 Å². The topological polar surface area (TPSA) is 125 Å². The van der Waals surface area contributed by atoms with Gasteiger partial charge < -0.3 is 24.1 Å². The molecule has 3 saturated carbocycles. The van der Waals surface area contributed by atoms with Crippen molar-refractivity contribution in [3.8, 4) is 0 Å². The number of methoxy groups -OCH3 is 1. The van der Waals surface area contributed by atoms with Gasteiger partial charge in [0.15, 0.2) is 0 Å². The number of carbonyl (C=O) groups excluding carboxylic acids is 4. The summed E-state index contributed by atoms with van der Waals surface area (Å²) in [6, 6.07) is 0. The zero-order chi connectivity index (χ0) is 27.0. The van der Waals surface area contributed by atoms with Gasteiger partial charge in [0.05, 0.1) is 6.10 Å². The molecule has 0 aromatic carbocycles. The highest BCUT2D eigenvalue weighted by Crippen LogP contribution is 2.62. The normalized spacial score (nSPS) is 40.2. The highest BCUT2D eigenvalue weighted by atomic mass is 16.6. The van der Waals surface area contributed by atoms with E-state index in [4.69, 9.17) is 18.9 Å². The predicted molar refractivity (Wildman–Crippen MR) is 129 cm³/mol. The van der Waals surface area contributed by atoms with Gasteiger partial charge in [-0.3, -0.25) is 19.2 Å². The van der Waals surface area contributed by atoms with Crippen LogP contribution in [-0.2, 0) is 38.1 Å². The van der Waals surface area contributed by atoms with Crippen LogP contribution in [0.15, 0.2) is 12.2 Å². The van der Waals surface area contributed by atoms with Crippen LogP contribution in [0.25, 0.3) is 0 Å². The molecule has 9 heteroatoms. The number of rotatable bonds is 6. The third-order valence-electron chi connectivity index (χ3n) is 8.42. The molecule has 0 spiro atoms. The fraction of sp³-hybridized carbons (Fsp3) is 0.778. The Hall–Kier alpha value is -2.26. The molecule has 0 bridgehead atoms. The molecule has 4 unspecified atom stereocenters. The molecule has 0 aromatic rings. The summed E-state index contributed by atoms with van der Waals surface area (Å²) in [5.41, 5.74) is -2.12. The Kier molecular flexibility index (Phi) is 8.35. The number of ketones is 1. The lowest BCUT2D eigenvalue weighted by Crippen LogP contribution is -2.65. The first-order valence-corrected chi connectivity index (χ1v) is 12.7. The molecule has 0 amide bonds. The minimum Gasteiger partial charge on any atom is -0.459 e. The molecule has 1 N–H and O–H groups in total.